The maximum Gasteiger partial charge on any atom is 0.320 e. The molecule has 0 spiro atoms. The Morgan fingerprint density at radius 2 is 1.90 bits per heavy atom. The number of aliphatic carboxylic acids is 1. The van der Waals surface area contributed by atoms with Gasteiger partial charge in [-0.05, 0) is 13.3 Å². The maximum absolute atomic E-state index is 11.5. The van der Waals surface area contributed by atoms with E-state index >= 15 is 0 Å². The molecular weight excluding hydrogens is 289 g/mol. The number of nitrogens with two attached hydrogens (primary N) is 1. The van der Waals surface area contributed by atoms with Crippen LogP contribution in [0.1, 0.15) is 19.8 Å². The van der Waals surface area contributed by atoms with Crippen LogP contribution in [0.2, 0.25) is 0 Å². The van der Waals surface area contributed by atoms with Gasteiger partial charge in [0.2, 0.25) is 19.2 Å². The van der Waals surface area contributed by atoms with Crippen molar-refractivity contribution in [3.8, 4) is 0 Å². The van der Waals surface area contributed by atoms with Crippen molar-refractivity contribution in [2.75, 3.05) is 13.0 Å². The fourth-order valence-corrected chi connectivity index (χ4v) is 1.62. The molecular formula is C10H20N3O6P. The van der Waals surface area contributed by atoms with E-state index in [1.165, 1.54) is 6.92 Å². The van der Waals surface area contributed by atoms with Gasteiger partial charge in [-0.3, -0.25) is 18.9 Å². The van der Waals surface area contributed by atoms with Crippen LogP contribution >= 0.6 is 7.37 Å². The molecule has 0 aliphatic rings. The summed E-state index contributed by atoms with van der Waals surface area (Å²) in [5.41, 5.74) is 5.23. The fourth-order valence-electron chi connectivity index (χ4n) is 1.17. The highest BCUT2D eigenvalue weighted by molar-refractivity contribution is 7.57. The van der Waals surface area contributed by atoms with Gasteiger partial charge in [0.25, 0.3) is 0 Å². The molecule has 3 atom stereocenters. The van der Waals surface area contributed by atoms with Crippen molar-refractivity contribution >= 4 is 25.2 Å². The van der Waals surface area contributed by atoms with Gasteiger partial charge in [0, 0.05) is 13.1 Å². The molecule has 0 aliphatic heterocycles. The number of nitrogens with one attached hydrogen (secondary N) is 2. The van der Waals surface area contributed by atoms with Crippen LogP contribution in [0, 0.1) is 0 Å². The van der Waals surface area contributed by atoms with Crippen molar-refractivity contribution in [2.24, 2.45) is 5.73 Å². The van der Waals surface area contributed by atoms with Crippen LogP contribution in [0.3, 0.4) is 0 Å². The summed E-state index contributed by atoms with van der Waals surface area (Å²) in [7, 11) is -3.36. The third-order valence-corrected chi connectivity index (χ3v) is 3.06. The molecule has 20 heavy (non-hydrogen) atoms. The molecule has 0 aromatic heterocycles. The minimum Gasteiger partial charge on any atom is -0.480 e. The van der Waals surface area contributed by atoms with Gasteiger partial charge in [0.15, 0.2) is 0 Å². The van der Waals surface area contributed by atoms with Crippen LogP contribution in [0.15, 0.2) is 0 Å². The van der Waals surface area contributed by atoms with Crippen molar-refractivity contribution in [1.82, 2.24) is 10.6 Å². The molecule has 0 radical (unpaired) electrons. The number of rotatable bonds is 8. The highest BCUT2D eigenvalue weighted by Gasteiger charge is 2.19. The third kappa shape index (κ3) is 8.63. The molecule has 0 fully saturated rings. The minimum absolute atomic E-state index is 0.0453. The maximum atomic E-state index is 11.5. The van der Waals surface area contributed by atoms with Gasteiger partial charge < -0.3 is 26.4 Å². The number of carbonyl (C=O) groups is 3. The average Bonchev–Trinajstić information content (AvgIpc) is 2.31. The second kappa shape index (κ2) is 7.98. The van der Waals surface area contributed by atoms with Crippen molar-refractivity contribution in [3.63, 3.8) is 0 Å². The lowest BCUT2D eigenvalue weighted by molar-refractivity contribution is -0.138. The lowest BCUT2D eigenvalue weighted by atomic mass is 10.1. The monoisotopic (exact) mass is 309 g/mol. The van der Waals surface area contributed by atoms with Crippen molar-refractivity contribution in [3.05, 3.63) is 0 Å². The van der Waals surface area contributed by atoms with Crippen LogP contribution in [0.4, 0.5) is 0 Å². The average molecular weight is 309 g/mol. The van der Waals surface area contributed by atoms with Gasteiger partial charge in [0.1, 0.15) is 12.1 Å². The zero-order valence-corrected chi connectivity index (χ0v) is 12.2. The molecule has 6 N–H and O–H groups in total. The Balaban J connectivity index is 4.09. The van der Waals surface area contributed by atoms with Crippen LogP contribution in [-0.2, 0) is 18.9 Å². The molecule has 0 rings (SSSR count). The molecule has 0 bridgehead atoms. The molecule has 0 aromatic rings. The van der Waals surface area contributed by atoms with E-state index in [-0.39, 0.29) is 19.1 Å². The van der Waals surface area contributed by atoms with Gasteiger partial charge in [-0.15, -0.1) is 0 Å². The second-order valence-electron chi connectivity index (χ2n) is 4.52. The smallest absolute Gasteiger partial charge is 0.320 e. The third-order valence-electron chi connectivity index (χ3n) is 2.32. The summed E-state index contributed by atoms with van der Waals surface area (Å²) in [5, 5.41) is 13.1. The van der Waals surface area contributed by atoms with Crippen molar-refractivity contribution < 1.29 is 28.9 Å². The Hall–Kier alpha value is -1.44. The Kier molecular flexibility index (Phi) is 7.41. The lowest BCUT2D eigenvalue weighted by Gasteiger charge is -2.15. The predicted octanol–water partition coefficient (Wildman–Crippen LogP) is -1.34. The predicted molar refractivity (Wildman–Crippen MR) is 71.2 cm³/mol. The lowest BCUT2D eigenvalue weighted by Crippen LogP contribution is -2.45. The Morgan fingerprint density at radius 1 is 1.35 bits per heavy atom. The Labute approximate surface area is 116 Å². The molecule has 1 unspecified atom stereocenters. The van der Waals surface area contributed by atoms with E-state index in [1.54, 1.807) is 0 Å². The van der Waals surface area contributed by atoms with Crippen LogP contribution in [0.5, 0.6) is 0 Å². The van der Waals surface area contributed by atoms with Crippen LogP contribution < -0.4 is 16.4 Å². The summed E-state index contributed by atoms with van der Waals surface area (Å²) >= 11 is 0. The van der Waals surface area contributed by atoms with Gasteiger partial charge in [-0.25, -0.2) is 0 Å². The second-order valence-corrected chi connectivity index (χ2v) is 6.94. The number of carboxylic acid groups (broad SMARTS) is 1. The number of amides is 2. The highest BCUT2D eigenvalue weighted by atomic mass is 31.2. The first-order valence-electron chi connectivity index (χ1n) is 5.87. The van der Waals surface area contributed by atoms with Gasteiger partial charge >= 0.3 is 5.97 Å². The molecule has 0 heterocycles. The zero-order valence-electron chi connectivity index (χ0n) is 11.3. The first-order chi connectivity index (χ1) is 9.03. The van der Waals surface area contributed by atoms with Gasteiger partial charge in [-0.1, -0.05) is 0 Å². The van der Waals surface area contributed by atoms with E-state index in [1.807, 2.05) is 0 Å². The molecule has 0 saturated carbocycles. The molecule has 0 aliphatic carbocycles. The van der Waals surface area contributed by atoms with Crippen LogP contribution in [-0.4, -0.2) is 52.8 Å². The number of hydrogen-bond acceptors (Lipinski definition) is 5. The van der Waals surface area contributed by atoms with Gasteiger partial charge in [0.05, 0.1) is 6.29 Å². The quantitative estimate of drug-likeness (QED) is 0.347. The number of carbonyl (C=O) groups excluding carboxylic acids is 2. The van der Waals surface area contributed by atoms with Gasteiger partial charge in [-0.2, -0.15) is 0 Å². The van der Waals surface area contributed by atoms with E-state index < -0.39 is 37.2 Å². The summed E-state index contributed by atoms with van der Waals surface area (Å²) in [5.74, 6) is -2.32. The van der Waals surface area contributed by atoms with E-state index in [0.29, 0.717) is 0 Å². The molecule has 0 saturated heterocycles. The first-order valence-corrected chi connectivity index (χ1v) is 8.17. The summed E-state index contributed by atoms with van der Waals surface area (Å²) in [6.07, 6.45) is -0.552. The van der Waals surface area contributed by atoms with Crippen molar-refractivity contribution in [2.45, 2.75) is 31.8 Å². The van der Waals surface area contributed by atoms with E-state index in [2.05, 4.69) is 10.6 Å². The fraction of sp³-hybridized carbons (Fsp3) is 0.700. The largest absolute Gasteiger partial charge is 0.480 e. The Morgan fingerprint density at radius 3 is 2.35 bits per heavy atom. The number of hydrogen-bond donors (Lipinski definition) is 5. The SMILES string of the molecule is C[C@H](NC(=O)CC[C@@H](N)C(=O)O)C(=O)NCP(C)(=O)O. The topological polar surface area (TPSA) is 159 Å². The summed E-state index contributed by atoms with van der Waals surface area (Å²) < 4.78 is 11.0. The van der Waals surface area contributed by atoms with E-state index in [4.69, 9.17) is 15.7 Å². The highest BCUT2D eigenvalue weighted by Crippen LogP contribution is 2.32. The molecule has 0 aromatic carbocycles. The molecule has 2 amide bonds. The van der Waals surface area contributed by atoms with E-state index in [9.17, 15) is 18.9 Å². The standard InChI is InChI=1S/C10H20N3O6P/c1-6(9(15)12-5-20(2,18)19)13-8(14)4-3-7(11)10(16)17/h6-7H,3-5,11H2,1-2H3,(H,12,15)(H,13,14)(H,16,17)(H,18,19)/t6-,7+/m0/s1. The Bertz CT molecular complexity index is 421. The van der Waals surface area contributed by atoms with Crippen molar-refractivity contribution in [1.29, 1.82) is 0 Å². The zero-order chi connectivity index (χ0) is 15.9. The summed E-state index contributed by atoms with van der Waals surface area (Å²) in [6, 6.07) is -2.03. The molecule has 116 valence electrons. The summed E-state index contributed by atoms with van der Waals surface area (Å²) in [6.45, 7) is 2.51. The summed E-state index contributed by atoms with van der Waals surface area (Å²) in [4.78, 5) is 42.4. The van der Waals surface area contributed by atoms with E-state index in [0.717, 1.165) is 6.66 Å². The first kappa shape index (κ1) is 18.6. The normalized spacial score (nSPS) is 16.6. The van der Waals surface area contributed by atoms with Crippen LogP contribution in [0.25, 0.3) is 0 Å². The molecule has 10 heteroatoms. The molecule has 9 nitrogen and oxygen atoms in total. The minimum atomic E-state index is -3.36. The number of carboxylic acids is 1.